The van der Waals surface area contributed by atoms with Gasteiger partial charge in [-0.2, -0.15) is 0 Å². The van der Waals surface area contributed by atoms with E-state index in [1.807, 2.05) is 13.8 Å². The molecule has 0 saturated heterocycles. The zero-order chi connectivity index (χ0) is 20.2. The van der Waals surface area contributed by atoms with Gasteiger partial charge in [0.2, 0.25) is 5.91 Å². The molecule has 2 unspecified atom stereocenters. The van der Waals surface area contributed by atoms with Gasteiger partial charge in [0, 0.05) is 23.0 Å². The molecule has 0 aliphatic carbocycles. The number of unbranched alkanes of at least 4 members (excludes halogenated alkanes) is 14. The summed E-state index contributed by atoms with van der Waals surface area (Å²) in [4.78, 5) is 11.9. The number of hydrogen-bond acceptors (Lipinski definition) is 2. The molecule has 0 saturated carbocycles. The van der Waals surface area contributed by atoms with E-state index in [2.05, 4.69) is 12.2 Å². The van der Waals surface area contributed by atoms with Crippen molar-refractivity contribution in [3.05, 3.63) is 0 Å². The second kappa shape index (κ2) is 20.4. The molecule has 0 aromatic rings. The molecule has 2 atom stereocenters. The lowest BCUT2D eigenvalue weighted by Gasteiger charge is -2.13. The molecule has 1 N–H and O–H groups in total. The summed E-state index contributed by atoms with van der Waals surface area (Å²) in [5.41, 5.74) is 0. The van der Waals surface area contributed by atoms with E-state index in [0.29, 0.717) is 12.2 Å². The molecule has 27 heavy (non-hydrogen) atoms. The molecule has 0 fully saturated rings. The van der Waals surface area contributed by atoms with Crippen molar-refractivity contribution >= 4 is 16.7 Å². The van der Waals surface area contributed by atoms with Gasteiger partial charge >= 0.3 is 0 Å². The van der Waals surface area contributed by atoms with Crippen molar-refractivity contribution in [2.75, 3.05) is 5.75 Å². The zero-order valence-electron chi connectivity index (χ0n) is 18.5. The molecule has 0 aromatic carbocycles. The van der Waals surface area contributed by atoms with Crippen LogP contribution >= 0.6 is 0 Å². The summed E-state index contributed by atoms with van der Waals surface area (Å²) in [5.74, 6) is 0.724. The molecule has 0 heterocycles. The van der Waals surface area contributed by atoms with E-state index in [4.69, 9.17) is 0 Å². The van der Waals surface area contributed by atoms with Crippen LogP contribution < -0.4 is 5.32 Å². The second-order valence-electron chi connectivity index (χ2n) is 7.99. The van der Waals surface area contributed by atoms with E-state index in [-0.39, 0.29) is 11.3 Å². The van der Waals surface area contributed by atoms with Gasteiger partial charge in [0.05, 0.1) is 0 Å². The molecular formula is C23H47NO2S. The minimum atomic E-state index is -0.936. The molecule has 1 amide bonds. The van der Waals surface area contributed by atoms with Gasteiger partial charge in [-0.3, -0.25) is 9.00 Å². The molecule has 0 rings (SSSR count). The predicted molar refractivity (Wildman–Crippen MR) is 120 cm³/mol. The lowest BCUT2D eigenvalue weighted by Crippen LogP contribution is -2.36. The average molecular weight is 402 g/mol. The molecule has 0 spiro atoms. The Hall–Kier alpha value is -0.380. The van der Waals surface area contributed by atoms with E-state index in [1.165, 1.54) is 83.5 Å². The van der Waals surface area contributed by atoms with Gasteiger partial charge in [-0.15, -0.1) is 0 Å². The highest BCUT2D eigenvalue weighted by Gasteiger charge is 2.12. The highest BCUT2D eigenvalue weighted by molar-refractivity contribution is 7.85. The normalized spacial score (nSPS) is 13.4. The number of carbonyl (C=O) groups excluding carboxylic acids is 1. The van der Waals surface area contributed by atoms with Crippen LogP contribution in [0.25, 0.3) is 0 Å². The predicted octanol–water partition coefficient (Wildman–Crippen LogP) is 6.87. The van der Waals surface area contributed by atoms with E-state index >= 15 is 0 Å². The summed E-state index contributed by atoms with van der Waals surface area (Å²) < 4.78 is 11.8. The van der Waals surface area contributed by atoms with Crippen molar-refractivity contribution < 1.29 is 9.00 Å². The topological polar surface area (TPSA) is 46.2 Å². The van der Waals surface area contributed by atoms with E-state index < -0.39 is 10.8 Å². The SMILES string of the molecule is CCCCCCCCCCCCCCCCCC(=O)NC(C)S(=O)CCC. The van der Waals surface area contributed by atoms with E-state index in [0.717, 1.165) is 19.3 Å². The molecule has 162 valence electrons. The van der Waals surface area contributed by atoms with Crippen LogP contribution in [0, 0.1) is 0 Å². The fourth-order valence-electron chi connectivity index (χ4n) is 3.40. The van der Waals surface area contributed by atoms with Gasteiger partial charge in [0.25, 0.3) is 0 Å². The van der Waals surface area contributed by atoms with Crippen LogP contribution in [0.3, 0.4) is 0 Å². The lowest BCUT2D eigenvalue weighted by molar-refractivity contribution is -0.121. The maximum Gasteiger partial charge on any atom is 0.220 e. The number of rotatable bonds is 20. The summed E-state index contributed by atoms with van der Waals surface area (Å²) in [5, 5.41) is 2.66. The first-order chi connectivity index (χ1) is 13.1. The molecule has 0 aliphatic rings. The summed E-state index contributed by atoms with van der Waals surface area (Å²) in [7, 11) is -0.936. The van der Waals surface area contributed by atoms with Crippen molar-refractivity contribution in [2.24, 2.45) is 0 Å². The van der Waals surface area contributed by atoms with Gasteiger partial charge in [-0.05, 0) is 19.8 Å². The maximum atomic E-state index is 11.9. The molecule has 0 bridgehead atoms. The molecular weight excluding hydrogens is 354 g/mol. The number of hydrogen-bond donors (Lipinski definition) is 1. The van der Waals surface area contributed by atoms with Gasteiger partial charge in [0.1, 0.15) is 5.37 Å². The zero-order valence-corrected chi connectivity index (χ0v) is 19.3. The smallest absolute Gasteiger partial charge is 0.220 e. The Balaban J connectivity index is 3.28. The molecule has 0 aromatic heterocycles. The third-order valence-electron chi connectivity index (χ3n) is 5.17. The third-order valence-corrected chi connectivity index (χ3v) is 6.89. The van der Waals surface area contributed by atoms with Gasteiger partial charge < -0.3 is 5.32 Å². The first-order valence-corrected chi connectivity index (χ1v) is 13.2. The van der Waals surface area contributed by atoms with Crippen LogP contribution in [0.5, 0.6) is 0 Å². The number of amides is 1. The highest BCUT2D eigenvalue weighted by Crippen LogP contribution is 2.13. The van der Waals surface area contributed by atoms with E-state index in [1.54, 1.807) is 0 Å². The Bertz CT molecular complexity index is 360. The Morgan fingerprint density at radius 2 is 1.11 bits per heavy atom. The standard InChI is InChI=1S/C23H47NO2S/c1-4-6-7-8-9-10-11-12-13-14-15-16-17-18-19-20-23(25)24-22(3)27(26)21-5-2/h22H,4-21H2,1-3H3,(H,24,25). The quantitative estimate of drug-likeness (QED) is 0.226. The average Bonchev–Trinajstić information content (AvgIpc) is 2.65. The number of carbonyl (C=O) groups is 1. The monoisotopic (exact) mass is 401 g/mol. The van der Waals surface area contributed by atoms with Crippen LogP contribution in [0.4, 0.5) is 0 Å². The van der Waals surface area contributed by atoms with Crippen molar-refractivity contribution in [1.29, 1.82) is 0 Å². The minimum Gasteiger partial charge on any atom is -0.342 e. The Morgan fingerprint density at radius 1 is 0.704 bits per heavy atom. The summed E-state index contributed by atoms with van der Waals surface area (Å²) in [6.07, 6.45) is 21.5. The first-order valence-electron chi connectivity index (χ1n) is 11.8. The molecule has 3 nitrogen and oxygen atoms in total. The van der Waals surface area contributed by atoms with Crippen molar-refractivity contribution in [1.82, 2.24) is 5.32 Å². The fraction of sp³-hybridized carbons (Fsp3) is 0.957. The summed E-state index contributed by atoms with van der Waals surface area (Å²) >= 11 is 0. The van der Waals surface area contributed by atoms with Crippen LogP contribution in [-0.2, 0) is 15.6 Å². The van der Waals surface area contributed by atoms with Crippen molar-refractivity contribution in [3.63, 3.8) is 0 Å². The molecule has 4 heteroatoms. The van der Waals surface area contributed by atoms with Crippen LogP contribution in [0.15, 0.2) is 0 Å². The molecule has 0 radical (unpaired) electrons. The van der Waals surface area contributed by atoms with Crippen LogP contribution in [0.1, 0.15) is 130 Å². The van der Waals surface area contributed by atoms with Gasteiger partial charge in [-0.25, -0.2) is 0 Å². The number of nitrogens with one attached hydrogen (secondary N) is 1. The van der Waals surface area contributed by atoms with Gasteiger partial charge in [0.15, 0.2) is 0 Å². The second-order valence-corrected chi connectivity index (χ2v) is 9.87. The fourth-order valence-corrected chi connectivity index (χ4v) is 4.42. The Morgan fingerprint density at radius 3 is 1.52 bits per heavy atom. The van der Waals surface area contributed by atoms with E-state index in [9.17, 15) is 9.00 Å². The first kappa shape index (κ1) is 26.6. The van der Waals surface area contributed by atoms with Crippen molar-refractivity contribution in [2.45, 2.75) is 135 Å². The van der Waals surface area contributed by atoms with Gasteiger partial charge in [-0.1, -0.05) is 104 Å². The Labute approximate surface area is 172 Å². The van der Waals surface area contributed by atoms with Crippen molar-refractivity contribution in [3.8, 4) is 0 Å². The largest absolute Gasteiger partial charge is 0.342 e. The van der Waals surface area contributed by atoms with Crippen LogP contribution in [-0.4, -0.2) is 21.2 Å². The highest BCUT2D eigenvalue weighted by atomic mass is 32.2. The maximum absolute atomic E-state index is 11.9. The summed E-state index contributed by atoms with van der Waals surface area (Å²) in [6.45, 7) is 6.13. The lowest BCUT2D eigenvalue weighted by atomic mass is 10.0. The van der Waals surface area contributed by atoms with Crippen LogP contribution in [0.2, 0.25) is 0 Å². The Kier molecular flexibility index (Phi) is 20.1. The minimum absolute atomic E-state index is 0.0571. The molecule has 0 aliphatic heterocycles. The third kappa shape index (κ3) is 18.7. The summed E-state index contributed by atoms with van der Waals surface area (Å²) in [6, 6.07) is 0.